The van der Waals surface area contributed by atoms with E-state index in [2.05, 4.69) is 31.9 Å². The molecule has 0 radical (unpaired) electrons. The summed E-state index contributed by atoms with van der Waals surface area (Å²) in [5.74, 6) is 2.08. The Hall–Kier alpha value is 0.960. The third-order valence-corrected chi connectivity index (χ3v) is 6.51. The maximum Gasteiger partial charge on any atom is 0.0268 e. The summed E-state index contributed by atoms with van der Waals surface area (Å²) in [7, 11) is 0. The van der Waals surface area contributed by atoms with Crippen LogP contribution in [0, 0.1) is 17.3 Å². The highest BCUT2D eigenvalue weighted by atomic mass is 79.9. The SMILES string of the molecule is BrCC12C[C@H]3C[C@@H](CC(Br)(C3)C1)C2. The normalized spacial score (nSPS) is 58.6. The minimum absolute atomic E-state index is 0.546. The van der Waals surface area contributed by atoms with Crippen LogP contribution in [0.15, 0.2) is 0 Å². The van der Waals surface area contributed by atoms with Gasteiger partial charge in [0.25, 0.3) is 0 Å². The van der Waals surface area contributed by atoms with Crippen LogP contribution in [0.4, 0.5) is 0 Å². The number of hydrogen-bond acceptors (Lipinski definition) is 0. The van der Waals surface area contributed by atoms with Crippen LogP contribution in [0.3, 0.4) is 0 Å². The highest BCUT2D eigenvalue weighted by Crippen LogP contribution is 2.64. The van der Waals surface area contributed by atoms with Gasteiger partial charge in [0, 0.05) is 9.65 Å². The van der Waals surface area contributed by atoms with Crippen molar-refractivity contribution in [2.24, 2.45) is 17.3 Å². The second-order valence-corrected chi connectivity index (χ2v) is 7.99. The molecule has 0 nitrogen and oxygen atoms in total. The molecule has 4 bridgehead atoms. The van der Waals surface area contributed by atoms with E-state index in [9.17, 15) is 0 Å². The van der Waals surface area contributed by atoms with Crippen LogP contribution in [-0.2, 0) is 0 Å². The molecule has 2 heteroatoms. The molecule has 4 aliphatic rings. The predicted octanol–water partition coefficient (Wildman–Crippen LogP) is 4.12. The molecule has 13 heavy (non-hydrogen) atoms. The maximum atomic E-state index is 4.01. The Morgan fingerprint density at radius 1 is 1.08 bits per heavy atom. The van der Waals surface area contributed by atoms with Crippen molar-refractivity contribution in [2.75, 3.05) is 5.33 Å². The predicted molar refractivity (Wildman–Crippen MR) is 62.6 cm³/mol. The number of rotatable bonds is 1. The van der Waals surface area contributed by atoms with Gasteiger partial charge in [0.15, 0.2) is 0 Å². The highest BCUT2D eigenvalue weighted by molar-refractivity contribution is 9.10. The zero-order chi connectivity index (χ0) is 9.10. The van der Waals surface area contributed by atoms with E-state index < -0.39 is 0 Å². The van der Waals surface area contributed by atoms with Gasteiger partial charge in [-0.15, -0.1) is 0 Å². The number of halogens is 2. The molecule has 2 atom stereocenters. The van der Waals surface area contributed by atoms with Gasteiger partial charge in [-0.1, -0.05) is 31.9 Å². The Morgan fingerprint density at radius 3 is 2.15 bits per heavy atom. The van der Waals surface area contributed by atoms with Crippen molar-refractivity contribution in [1.29, 1.82) is 0 Å². The number of alkyl halides is 2. The molecule has 4 aliphatic carbocycles. The molecule has 0 amide bonds. The molecular formula is C11H16Br2. The van der Waals surface area contributed by atoms with Crippen molar-refractivity contribution in [2.45, 2.75) is 42.8 Å². The smallest absolute Gasteiger partial charge is 0.0268 e. The molecule has 0 aromatic rings. The molecule has 0 saturated heterocycles. The van der Waals surface area contributed by atoms with Crippen molar-refractivity contribution in [3.8, 4) is 0 Å². The molecular weight excluding hydrogens is 292 g/mol. The fourth-order valence-electron chi connectivity index (χ4n) is 4.49. The third-order valence-electron chi connectivity index (χ3n) is 4.39. The van der Waals surface area contributed by atoms with E-state index in [0.717, 1.165) is 11.8 Å². The first kappa shape index (κ1) is 9.21. The molecule has 74 valence electrons. The lowest BCUT2D eigenvalue weighted by Crippen LogP contribution is -2.53. The maximum absolute atomic E-state index is 4.01. The van der Waals surface area contributed by atoms with Gasteiger partial charge in [-0.05, 0) is 55.8 Å². The van der Waals surface area contributed by atoms with Crippen LogP contribution in [0.1, 0.15) is 38.5 Å². The molecule has 0 spiro atoms. The molecule has 0 aliphatic heterocycles. The first-order valence-corrected chi connectivity index (χ1v) is 7.30. The lowest BCUT2D eigenvalue weighted by atomic mass is 9.50. The highest BCUT2D eigenvalue weighted by Gasteiger charge is 2.56. The largest absolute Gasteiger partial charge is 0.0922 e. The molecule has 4 rings (SSSR count). The lowest BCUT2D eigenvalue weighted by Gasteiger charge is -2.60. The van der Waals surface area contributed by atoms with Crippen molar-refractivity contribution < 1.29 is 0 Å². The van der Waals surface area contributed by atoms with Crippen LogP contribution in [0.25, 0.3) is 0 Å². The second kappa shape index (κ2) is 2.75. The third kappa shape index (κ3) is 1.35. The van der Waals surface area contributed by atoms with E-state index >= 15 is 0 Å². The molecule has 0 aromatic heterocycles. The van der Waals surface area contributed by atoms with Gasteiger partial charge in [0.1, 0.15) is 0 Å². The molecule has 4 saturated carbocycles. The second-order valence-electron chi connectivity index (χ2n) is 5.75. The van der Waals surface area contributed by atoms with Crippen molar-refractivity contribution in [3.05, 3.63) is 0 Å². The van der Waals surface area contributed by atoms with Crippen LogP contribution in [0.5, 0.6) is 0 Å². The van der Waals surface area contributed by atoms with Gasteiger partial charge in [0.05, 0.1) is 0 Å². The van der Waals surface area contributed by atoms with E-state index in [1.54, 1.807) is 0 Å². The summed E-state index contributed by atoms with van der Waals surface area (Å²) in [5, 5.41) is 1.24. The quantitative estimate of drug-likeness (QED) is 0.639. The Balaban J connectivity index is 1.95. The van der Waals surface area contributed by atoms with Gasteiger partial charge >= 0.3 is 0 Å². The Kier molecular flexibility index (Phi) is 1.95. The fourth-order valence-corrected chi connectivity index (χ4v) is 6.66. The number of hydrogen-bond donors (Lipinski definition) is 0. The zero-order valence-corrected chi connectivity index (χ0v) is 11.0. The lowest BCUT2D eigenvalue weighted by molar-refractivity contribution is -0.0188. The van der Waals surface area contributed by atoms with Gasteiger partial charge in [-0.3, -0.25) is 0 Å². The van der Waals surface area contributed by atoms with E-state index in [1.165, 1.54) is 43.9 Å². The first-order valence-electron chi connectivity index (χ1n) is 5.38. The average Bonchev–Trinajstić information content (AvgIpc) is 1.99. The van der Waals surface area contributed by atoms with Crippen molar-refractivity contribution in [3.63, 3.8) is 0 Å². The standard InChI is InChI=1S/C11H16Br2/c12-7-10-2-8-1-9(3-10)5-11(13,4-8)6-10/h8-9H,1-7H2/t8-,9-,10?,11?/m1/s1. The minimum atomic E-state index is 0.546. The van der Waals surface area contributed by atoms with Gasteiger partial charge < -0.3 is 0 Å². The van der Waals surface area contributed by atoms with E-state index in [4.69, 9.17) is 0 Å². The van der Waals surface area contributed by atoms with E-state index in [0.29, 0.717) is 9.74 Å². The van der Waals surface area contributed by atoms with Crippen molar-refractivity contribution in [1.82, 2.24) is 0 Å². The Bertz CT molecular complexity index is 222. The van der Waals surface area contributed by atoms with E-state index in [-0.39, 0.29) is 0 Å². The summed E-state index contributed by atoms with van der Waals surface area (Å²) < 4.78 is 0.546. The summed E-state index contributed by atoms with van der Waals surface area (Å²) in [6, 6.07) is 0. The van der Waals surface area contributed by atoms with Crippen molar-refractivity contribution >= 4 is 31.9 Å². The Labute approximate surface area is 97.1 Å². The summed E-state index contributed by atoms with van der Waals surface area (Å²) in [6.07, 6.45) is 8.88. The van der Waals surface area contributed by atoms with Crippen LogP contribution in [0.2, 0.25) is 0 Å². The van der Waals surface area contributed by atoms with E-state index in [1.807, 2.05) is 0 Å². The van der Waals surface area contributed by atoms with Gasteiger partial charge in [-0.25, -0.2) is 0 Å². The minimum Gasteiger partial charge on any atom is -0.0922 e. The zero-order valence-electron chi connectivity index (χ0n) is 7.86. The molecule has 0 heterocycles. The van der Waals surface area contributed by atoms with Gasteiger partial charge in [0.2, 0.25) is 0 Å². The summed E-state index contributed by atoms with van der Waals surface area (Å²) in [4.78, 5) is 0. The first-order chi connectivity index (χ1) is 6.13. The molecule has 0 N–H and O–H groups in total. The topological polar surface area (TPSA) is 0 Å². The summed E-state index contributed by atoms with van der Waals surface area (Å²) in [5.41, 5.74) is 0.674. The average molecular weight is 308 g/mol. The van der Waals surface area contributed by atoms with Gasteiger partial charge in [-0.2, -0.15) is 0 Å². The molecule has 0 aromatic carbocycles. The van der Waals surface area contributed by atoms with Crippen LogP contribution >= 0.6 is 31.9 Å². The fraction of sp³-hybridized carbons (Fsp3) is 1.00. The summed E-state index contributed by atoms with van der Waals surface area (Å²) in [6.45, 7) is 0. The monoisotopic (exact) mass is 306 g/mol. The van der Waals surface area contributed by atoms with Crippen LogP contribution < -0.4 is 0 Å². The molecule has 4 fully saturated rings. The summed E-state index contributed by atoms with van der Waals surface area (Å²) >= 11 is 7.75. The van der Waals surface area contributed by atoms with Crippen LogP contribution in [-0.4, -0.2) is 9.65 Å². The molecule has 0 unspecified atom stereocenters. The Morgan fingerprint density at radius 2 is 1.69 bits per heavy atom.